The maximum atomic E-state index is 13.5. The van der Waals surface area contributed by atoms with Crippen LogP contribution in [-0.2, 0) is 19.1 Å². The van der Waals surface area contributed by atoms with E-state index in [1.54, 1.807) is 19.9 Å². The van der Waals surface area contributed by atoms with Crippen LogP contribution in [0.25, 0.3) is 6.08 Å². The average Bonchev–Trinajstić information content (AvgIpc) is 2.55. The molecule has 1 aromatic carbocycles. The molecule has 0 unspecified atom stereocenters. The van der Waals surface area contributed by atoms with E-state index in [0.29, 0.717) is 5.56 Å². The highest BCUT2D eigenvalue weighted by Crippen LogP contribution is 2.18. The minimum atomic E-state index is -0.766. The number of amides is 2. The summed E-state index contributed by atoms with van der Waals surface area (Å²) in [7, 11) is 1.35. The van der Waals surface area contributed by atoms with Crippen LogP contribution in [0.1, 0.15) is 19.4 Å². The number of carbonyl (C=O) groups excluding carboxylic acids is 3. The van der Waals surface area contributed by atoms with Gasteiger partial charge in [-0.3, -0.25) is 9.59 Å². The molecule has 0 aliphatic rings. The van der Waals surface area contributed by atoms with Gasteiger partial charge in [-0.15, -0.1) is 0 Å². The molecule has 8 heteroatoms. The number of nitrogens with one attached hydrogen (secondary N) is 2. The minimum Gasteiger partial charge on any atom is -0.494 e. The van der Waals surface area contributed by atoms with Crippen LogP contribution in [0.5, 0.6) is 5.75 Å². The Bertz CT molecular complexity index is 658. The van der Waals surface area contributed by atoms with Crippen molar-refractivity contribution in [2.75, 3.05) is 20.3 Å². The summed E-state index contributed by atoms with van der Waals surface area (Å²) in [6, 6.07) is 4.15. The Kier molecular flexibility index (Phi) is 8.11. The van der Waals surface area contributed by atoms with E-state index in [0.717, 1.165) is 6.08 Å². The Balaban J connectivity index is 2.38. The van der Waals surface area contributed by atoms with Gasteiger partial charge in [0.05, 0.1) is 13.7 Å². The zero-order valence-electron chi connectivity index (χ0n) is 14.3. The van der Waals surface area contributed by atoms with E-state index < -0.39 is 24.3 Å². The number of methoxy groups -OCH3 is 1. The lowest BCUT2D eigenvalue weighted by atomic mass is 10.2. The van der Waals surface area contributed by atoms with Gasteiger partial charge < -0.3 is 20.1 Å². The van der Waals surface area contributed by atoms with Crippen molar-refractivity contribution in [2.24, 2.45) is 0 Å². The van der Waals surface area contributed by atoms with Crippen LogP contribution in [0.2, 0.25) is 0 Å². The zero-order chi connectivity index (χ0) is 18.8. The highest BCUT2D eigenvalue weighted by atomic mass is 19.1. The molecule has 2 N–H and O–H groups in total. The first-order chi connectivity index (χ1) is 11.8. The molecule has 0 saturated carbocycles. The summed E-state index contributed by atoms with van der Waals surface area (Å²) in [4.78, 5) is 34.3. The third-order valence-corrected chi connectivity index (χ3v) is 2.83. The fourth-order valence-electron chi connectivity index (χ4n) is 1.74. The van der Waals surface area contributed by atoms with Gasteiger partial charge in [-0.2, -0.15) is 0 Å². The second kappa shape index (κ2) is 10.1. The summed E-state index contributed by atoms with van der Waals surface area (Å²) in [5, 5.41) is 4.92. The second-order valence-corrected chi connectivity index (χ2v) is 5.33. The topological polar surface area (TPSA) is 93.7 Å². The monoisotopic (exact) mass is 352 g/mol. The van der Waals surface area contributed by atoms with Crippen LogP contribution in [0.3, 0.4) is 0 Å². The van der Waals surface area contributed by atoms with E-state index in [1.165, 1.54) is 25.3 Å². The molecule has 0 aliphatic heterocycles. The molecular formula is C17H21FN2O5. The van der Waals surface area contributed by atoms with E-state index in [4.69, 9.17) is 9.47 Å². The van der Waals surface area contributed by atoms with Gasteiger partial charge in [0.1, 0.15) is 0 Å². The van der Waals surface area contributed by atoms with Crippen molar-refractivity contribution < 1.29 is 28.2 Å². The summed E-state index contributed by atoms with van der Waals surface area (Å²) >= 11 is 0. The number of esters is 1. The number of hydrogen-bond donors (Lipinski definition) is 2. The van der Waals surface area contributed by atoms with Crippen LogP contribution in [0, 0.1) is 5.82 Å². The van der Waals surface area contributed by atoms with Crippen LogP contribution < -0.4 is 15.4 Å². The van der Waals surface area contributed by atoms with Crippen molar-refractivity contribution >= 4 is 23.9 Å². The molecule has 0 bridgehead atoms. The minimum absolute atomic E-state index is 0.0323. The summed E-state index contributed by atoms with van der Waals surface area (Å²) in [5.74, 6) is -2.17. The van der Waals surface area contributed by atoms with Gasteiger partial charge in [-0.05, 0) is 37.6 Å². The van der Waals surface area contributed by atoms with Crippen molar-refractivity contribution in [1.82, 2.24) is 10.6 Å². The number of ether oxygens (including phenoxy) is 2. The molecular weight excluding hydrogens is 331 g/mol. The molecule has 1 rings (SSSR count). The molecule has 25 heavy (non-hydrogen) atoms. The van der Waals surface area contributed by atoms with E-state index in [2.05, 4.69) is 10.6 Å². The standard InChI is InChI=1S/C17H21FN2O5/c1-11(2)20-15(21)9-19-16(22)10-25-17(23)7-5-12-4-6-14(24-3)13(18)8-12/h4-8,11H,9-10H2,1-3H3,(H,19,22)(H,20,21)/b7-5+. The fraction of sp³-hybridized carbons (Fsp3) is 0.353. The molecule has 0 atom stereocenters. The summed E-state index contributed by atoms with van der Waals surface area (Å²) < 4.78 is 23.0. The maximum Gasteiger partial charge on any atom is 0.331 e. The molecule has 1 aromatic rings. The molecule has 0 aliphatic carbocycles. The lowest BCUT2D eigenvalue weighted by Gasteiger charge is -2.09. The van der Waals surface area contributed by atoms with Gasteiger partial charge in [0.25, 0.3) is 5.91 Å². The Hall–Kier alpha value is -2.90. The number of halogens is 1. The van der Waals surface area contributed by atoms with Gasteiger partial charge in [0.2, 0.25) is 5.91 Å². The van der Waals surface area contributed by atoms with Gasteiger partial charge in [-0.25, -0.2) is 9.18 Å². The van der Waals surface area contributed by atoms with E-state index in [9.17, 15) is 18.8 Å². The van der Waals surface area contributed by atoms with Gasteiger partial charge in [-0.1, -0.05) is 6.07 Å². The smallest absolute Gasteiger partial charge is 0.331 e. The van der Waals surface area contributed by atoms with Crippen molar-refractivity contribution in [3.05, 3.63) is 35.7 Å². The molecule has 0 spiro atoms. The van der Waals surface area contributed by atoms with E-state index in [1.807, 2.05) is 0 Å². The molecule has 0 fully saturated rings. The summed E-state index contributed by atoms with van der Waals surface area (Å²) in [6.45, 7) is 2.87. The Labute approximate surface area is 145 Å². The molecule has 0 radical (unpaired) electrons. The number of hydrogen-bond acceptors (Lipinski definition) is 5. The quantitative estimate of drug-likeness (QED) is 0.538. The lowest BCUT2D eigenvalue weighted by Crippen LogP contribution is -2.41. The zero-order valence-corrected chi connectivity index (χ0v) is 14.3. The second-order valence-electron chi connectivity index (χ2n) is 5.33. The van der Waals surface area contributed by atoms with Crippen LogP contribution in [0.4, 0.5) is 4.39 Å². The first-order valence-electron chi connectivity index (χ1n) is 7.56. The van der Waals surface area contributed by atoms with Crippen molar-refractivity contribution in [3.8, 4) is 5.75 Å². The summed E-state index contributed by atoms with van der Waals surface area (Å²) in [5.41, 5.74) is 0.435. The SMILES string of the molecule is COc1ccc(/C=C/C(=O)OCC(=O)NCC(=O)NC(C)C)cc1F. The molecule has 0 heterocycles. The first kappa shape index (κ1) is 20.1. The lowest BCUT2D eigenvalue weighted by molar-refractivity contribution is -0.143. The number of carbonyl (C=O) groups is 3. The van der Waals surface area contributed by atoms with Gasteiger partial charge in [0, 0.05) is 12.1 Å². The summed E-state index contributed by atoms with van der Waals surface area (Å²) in [6.07, 6.45) is 2.42. The molecule has 2 amide bonds. The third kappa shape index (κ3) is 7.96. The van der Waals surface area contributed by atoms with Crippen LogP contribution >= 0.6 is 0 Å². The highest BCUT2D eigenvalue weighted by molar-refractivity contribution is 5.90. The average molecular weight is 352 g/mol. The van der Waals surface area contributed by atoms with Gasteiger partial charge in [0.15, 0.2) is 18.2 Å². The fourth-order valence-corrected chi connectivity index (χ4v) is 1.74. The van der Waals surface area contributed by atoms with Crippen LogP contribution in [-0.4, -0.2) is 44.1 Å². The Morgan fingerprint density at radius 1 is 1.24 bits per heavy atom. The predicted octanol–water partition coefficient (Wildman–Crippen LogP) is 1.03. The van der Waals surface area contributed by atoms with E-state index >= 15 is 0 Å². The van der Waals surface area contributed by atoms with Crippen molar-refractivity contribution in [3.63, 3.8) is 0 Å². The number of benzene rings is 1. The largest absolute Gasteiger partial charge is 0.494 e. The molecule has 136 valence electrons. The third-order valence-electron chi connectivity index (χ3n) is 2.83. The number of rotatable bonds is 8. The highest BCUT2D eigenvalue weighted by Gasteiger charge is 2.08. The molecule has 0 aromatic heterocycles. The van der Waals surface area contributed by atoms with E-state index in [-0.39, 0.29) is 24.2 Å². The van der Waals surface area contributed by atoms with Gasteiger partial charge >= 0.3 is 5.97 Å². The van der Waals surface area contributed by atoms with Crippen LogP contribution in [0.15, 0.2) is 24.3 Å². The van der Waals surface area contributed by atoms with Crippen molar-refractivity contribution in [2.45, 2.75) is 19.9 Å². The first-order valence-corrected chi connectivity index (χ1v) is 7.56. The maximum absolute atomic E-state index is 13.5. The molecule has 0 saturated heterocycles. The molecule has 7 nitrogen and oxygen atoms in total. The van der Waals surface area contributed by atoms with Crippen molar-refractivity contribution in [1.29, 1.82) is 0 Å². The Morgan fingerprint density at radius 3 is 2.56 bits per heavy atom. The predicted molar refractivity (Wildman–Crippen MR) is 89.2 cm³/mol. The Morgan fingerprint density at radius 2 is 1.96 bits per heavy atom. The normalized spacial score (nSPS) is 10.6.